The molecule has 2 atom stereocenters. The molecule has 0 aliphatic carbocycles. The minimum absolute atomic E-state index is 0.151. The van der Waals surface area contributed by atoms with E-state index in [2.05, 4.69) is 72.4 Å². The Bertz CT molecular complexity index is 610. The first-order valence-electron chi connectivity index (χ1n) is 9.13. The molecule has 140 valence electrons. The van der Waals surface area contributed by atoms with Crippen LogP contribution in [0.3, 0.4) is 0 Å². The topological polar surface area (TPSA) is 32.7 Å². The summed E-state index contributed by atoms with van der Waals surface area (Å²) in [4.78, 5) is 3.08. The molecule has 1 N–H and O–H groups in total. The van der Waals surface area contributed by atoms with Crippen LogP contribution in [0.5, 0.6) is 5.75 Å². The van der Waals surface area contributed by atoms with Gasteiger partial charge in [-0.05, 0) is 36.8 Å². The molecule has 3 nitrogen and oxygen atoms in total. The Hall–Kier alpha value is -1.13. The predicted molar refractivity (Wildman–Crippen MR) is 109 cm³/mol. The van der Waals surface area contributed by atoms with Gasteiger partial charge in [0, 0.05) is 29.8 Å². The van der Waals surface area contributed by atoms with Gasteiger partial charge >= 0.3 is 0 Å². The molecule has 4 heteroatoms. The van der Waals surface area contributed by atoms with E-state index in [1.165, 1.54) is 0 Å². The van der Waals surface area contributed by atoms with Gasteiger partial charge in [-0.3, -0.25) is 0 Å². The average molecular weight is 364 g/mol. The van der Waals surface area contributed by atoms with E-state index in [0.717, 1.165) is 34.8 Å². The minimum atomic E-state index is -0.151. The van der Waals surface area contributed by atoms with Crippen molar-refractivity contribution in [2.45, 2.75) is 78.4 Å². The number of hydrogen-bond donors (Lipinski definition) is 1. The number of aromatic hydroxyl groups is 1. The Kier molecular flexibility index (Phi) is 5.56. The van der Waals surface area contributed by atoms with Crippen molar-refractivity contribution in [1.82, 2.24) is 4.90 Å². The highest BCUT2D eigenvalue weighted by molar-refractivity contribution is 7.80. The van der Waals surface area contributed by atoms with Crippen molar-refractivity contribution in [3.05, 3.63) is 28.8 Å². The van der Waals surface area contributed by atoms with Gasteiger partial charge in [-0.25, -0.2) is 0 Å². The van der Waals surface area contributed by atoms with E-state index in [1.807, 2.05) is 0 Å². The first-order chi connectivity index (χ1) is 11.3. The van der Waals surface area contributed by atoms with E-state index in [0.29, 0.717) is 5.75 Å². The zero-order valence-corrected chi connectivity index (χ0v) is 17.8. The molecule has 1 aromatic rings. The summed E-state index contributed by atoms with van der Waals surface area (Å²) >= 11 is 5.84. The first kappa shape index (κ1) is 20.2. The van der Waals surface area contributed by atoms with Gasteiger partial charge in [0.25, 0.3) is 0 Å². The van der Waals surface area contributed by atoms with E-state index in [9.17, 15) is 5.11 Å². The Morgan fingerprint density at radius 1 is 1.00 bits per heavy atom. The van der Waals surface area contributed by atoms with Crippen molar-refractivity contribution in [1.29, 1.82) is 0 Å². The fraction of sp³-hybridized carbons (Fsp3) is 0.667. The van der Waals surface area contributed by atoms with Gasteiger partial charge in [-0.2, -0.15) is 0 Å². The summed E-state index contributed by atoms with van der Waals surface area (Å²) < 4.78 is 5.84. The quantitative estimate of drug-likeness (QED) is 0.729. The van der Waals surface area contributed by atoms with Crippen LogP contribution < -0.4 is 0 Å². The van der Waals surface area contributed by atoms with E-state index < -0.39 is 0 Å². The first-order valence-corrected chi connectivity index (χ1v) is 9.54. The molecule has 0 spiro atoms. The van der Waals surface area contributed by atoms with Crippen LogP contribution in [0.15, 0.2) is 12.1 Å². The number of nitrogens with zero attached hydrogens (tertiary/aromatic N) is 1. The van der Waals surface area contributed by atoms with Crippen LogP contribution >= 0.6 is 12.2 Å². The van der Waals surface area contributed by atoms with Gasteiger partial charge < -0.3 is 14.7 Å². The fourth-order valence-electron chi connectivity index (χ4n) is 3.43. The molecule has 25 heavy (non-hydrogen) atoms. The summed E-state index contributed by atoms with van der Waals surface area (Å²) in [5, 5.41) is 10.9. The second-order valence-electron chi connectivity index (χ2n) is 9.39. The minimum Gasteiger partial charge on any atom is -0.507 e. The van der Waals surface area contributed by atoms with Crippen LogP contribution in [0.1, 0.15) is 72.1 Å². The summed E-state index contributed by atoms with van der Waals surface area (Å²) in [7, 11) is 0. The lowest BCUT2D eigenvalue weighted by Crippen LogP contribution is -2.47. The number of morpholine rings is 1. The fourth-order valence-corrected chi connectivity index (χ4v) is 3.69. The van der Waals surface area contributed by atoms with E-state index in [4.69, 9.17) is 17.0 Å². The molecular formula is C21H33NO2S. The zero-order valence-electron chi connectivity index (χ0n) is 16.9. The number of hydrogen-bond acceptors (Lipinski definition) is 3. The molecule has 2 rings (SSSR count). The lowest BCUT2D eigenvalue weighted by molar-refractivity contribution is -0.0472. The molecule has 0 bridgehead atoms. The molecule has 1 aromatic carbocycles. The molecule has 0 amide bonds. The molecule has 1 heterocycles. The molecule has 1 saturated heterocycles. The molecule has 1 aliphatic rings. The second kappa shape index (κ2) is 6.88. The van der Waals surface area contributed by atoms with Gasteiger partial charge in [0.1, 0.15) is 10.7 Å². The summed E-state index contributed by atoms with van der Waals surface area (Å²) in [5.41, 5.74) is 2.62. The molecule has 1 aliphatic heterocycles. The Labute approximate surface area is 158 Å². The maximum absolute atomic E-state index is 10.9. The Balaban J connectivity index is 2.52. The van der Waals surface area contributed by atoms with Gasteiger partial charge in [0.15, 0.2) is 0 Å². The van der Waals surface area contributed by atoms with Gasteiger partial charge in [0.2, 0.25) is 0 Å². The third kappa shape index (κ3) is 4.53. The third-order valence-electron chi connectivity index (χ3n) is 4.68. The van der Waals surface area contributed by atoms with Crippen molar-refractivity contribution < 1.29 is 9.84 Å². The van der Waals surface area contributed by atoms with Crippen LogP contribution in [-0.2, 0) is 15.6 Å². The van der Waals surface area contributed by atoms with Crippen molar-refractivity contribution in [3.8, 4) is 5.75 Å². The van der Waals surface area contributed by atoms with Crippen LogP contribution in [0.25, 0.3) is 0 Å². The van der Waals surface area contributed by atoms with Crippen molar-refractivity contribution in [2.75, 3.05) is 13.1 Å². The van der Waals surface area contributed by atoms with Crippen LogP contribution in [0, 0.1) is 0 Å². The summed E-state index contributed by atoms with van der Waals surface area (Å²) in [6, 6.07) is 4.13. The van der Waals surface area contributed by atoms with E-state index >= 15 is 0 Å². The van der Waals surface area contributed by atoms with Gasteiger partial charge in [0.05, 0.1) is 12.2 Å². The Morgan fingerprint density at radius 2 is 1.40 bits per heavy atom. The van der Waals surface area contributed by atoms with E-state index in [1.54, 1.807) is 0 Å². The summed E-state index contributed by atoms with van der Waals surface area (Å²) in [6.07, 6.45) is 0.339. The number of phenols is 1. The normalized spacial score (nSPS) is 22.2. The molecule has 0 radical (unpaired) electrons. The SMILES string of the molecule is C[C@@H]1CN(C(=S)c2cc(C(C)(C)C)c(O)c(C(C)(C)C)c2)C[C@@H](C)O1. The average Bonchev–Trinajstić information content (AvgIpc) is 2.43. The van der Waals surface area contributed by atoms with Crippen LogP contribution in [0.4, 0.5) is 0 Å². The molecule has 0 aromatic heterocycles. The van der Waals surface area contributed by atoms with Crippen molar-refractivity contribution >= 4 is 17.2 Å². The number of benzene rings is 1. The van der Waals surface area contributed by atoms with Crippen molar-refractivity contribution in [2.24, 2.45) is 0 Å². The standard InChI is InChI=1S/C21H33NO2S/c1-13-11-22(12-14(2)24-13)19(25)15-9-16(20(3,4)5)18(23)17(10-15)21(6,7)8/h9-10,13-14,23H,11-12H2,1-8H3/t13-,14-/m1/s1. The monoisotopic (exact) mass is 363 g/mol. The summed E-state index contributed by atoms with van der Waals surface area (Å²) in [5.74, 6) is 0.398. The lowest BCUT2D eigenvalue weighted by atomic mass is 9.78. The maximum Gasteiger partial charge on any atom is 0.123 e. The van der Waals surface area contributed by atoms with Gasteiger partial charge in [-0.15, -0.1) is 0 Å². The lowest BCUT2D eigenvalue weighted by Gasteiger charge is -2.37. The molecule has 0 unspecified atom stereocenters. The zero-order chi connectivity index (χ0) is 19.2. The predicted octanol–water partition coefficient (Wildman–Crippen LogP) is 4.77. The largest absolute Gasteiger partial charge is 0.507 e. The number of ether oxygens (including phenoxy) is 1. The molecule has 1 fully saturated rings. The number of rotatable bonds is 1. The van der Waals surface area contributed by atoms with E-state index in [-0.39, 0.29) is 23.0 Å². The highest BCUT2D eigenvalue weighted by atomic mass is 32.1. The number of phenolic OH excluding ortho intramolecular Hbond substituents is 1. The molecule has 0 saturated carbocycles. The molecular weight excluding hydrogens is 330 g/mol. The third-order valence-corrected chi connectivity index (χ3v) is 5.17. The Morgan fingerprint density at radius 3 is 1.76 bits per heavy atom. The second-order valence-corrected chi connectivity index (χ2v) is 9.77. The van der Waals surface area contributed by atoms with Crippen LogP contribution in [0.2, 0.25) is 0 Å². The van der Waals surface area contributed by atoms with Crippen LogP contribution in [-0.4, -0.2) is 40.3 Å². The number of thiocarbonyl (C=S) groups is 1. The highest BCUT2D eigenvalue weighted by Crippen LogP contribution is 2.40. The van der Waals surface area contributed by atoms with Crippen molar-refractivity contribution in [3.63, 3.8) is 0 Å². The highest BCUT2D eigenvalue weighted by Gasteiger charge is 2.29. The maximum atomic E-state index is 10.9. The smallest absolute Gasteiger partial charge is 0.123 e. The summed E-state index contributed by atoms with van der Waals surface area (Å²) in [6.45, 7) is 18.5. The van der Waals surface area contributed by atoms with Gasteiger partial charge in [-0.1, -0.05) is 53.8 Å².